The van der Waals surface area contributed by atoms with E-state index in [0.717, 1.165) is 0 Å². The molecule has 0 aromatic rings. The maximum atomic E-state index is 9.89. The van der Waals surface area contributed by atoms with Crippen molar-refractivity contribution in [3.63, 3.8) is 0 Å². The van der Waals surface area contributed by atoms with Gasteiger partial charge < -0.3 is 10.2 Å². The van der Waals surface area contributed by atoms with Gasteiger partial charge >= 0.3 is 0 Å². The van der Waals surface area contributed by atoms with Gasteiger partial charge in [0.2, 0.25) is 0 Å². The SMILES string of the molecule is CC1(C)C=C[C@H](Cl)[C@@](C)(O)[C@H](O)C1. The van der Waals surface area contributed by atoms with Gasteiger partial charge in [-0.3, -0.25) is 0 Å². The fourth-order valence-electron chi connectivity index (χ4n) is 1.50. The lowest BCUT2D eigenvalue weighted by Gasteiger charge is -2.32. The van der Waals surface area contributed by atoms with Gasteiger partial charge in [-0.2, -0.15) is 0 Å². The van der Waals surface area contributed by atoms with E-state index >= 15 is 0 Å². The van der Waals surface area contributed by atoms with E-state index in [1.165, 1.54) is 0 Å². The fraction of sp³-hybridized carbons (Fsp3) is 0.800. The minimum absolute atomic E-state index is 0.104. The van der Waals surface area contributed by atoms with Crippen LogP contribution in [0.5, 0.6) is 0 Å². The van der Waals surface area contributed by atoms with Gasteiger partial charge in [0.25, 0.3) is 0 Å². The van der Waals surface area contributed by atoms with Crippen molar-refractivity contribution in [1.82, 2.24) is 0 Å². The maximum absolute atomic E-state index is 9.89. The highest BCUT2D eigenvalue weighted by Crippen LogP contribution is 2.35. The monoisotopic (exact) mass is 204 g/mol. The summed E-state index contributed by atoms with van der Waals surface area (Å²) >= 11 is 5.94. The Morgan fingerprint density at radius 3 is 2.46 bits per heavy atom. The van der Waals surface area contributed by atoms with Gasteiger partial charge in [-0.05, 0) is 18.8 Å². The molecule has 3 atom stereocenters. The summed E-state index contributed by atoms with van der Waals surface area (Å²) in [7, 11) is 0. The summed E-state index contributed by atoms with van der Waals surface area (Å²) in [6.07, 6.45) is 3.47. The molecule has 1 aliphatic rings. The van der Waals surface area contributed by atoms with Crippen molar-refractivity contribution < 1.29 is 10.2 Å². The van der Waals surface area contributed by atoms with Gasteiger partial charge in [0.1, 0.15) is 5.60 Å². The zero-order valence-corrected chi connectivity index (χ0v) is 9.04. The molecule has 0 aromatic carbocycles. The van der Waals surface area contributed by atoms with Crippen LogP contribution in [-0.4, -0.2) is 27.3 Å². The van der Waals surface area contributed by atoms with Crippen LogP contribution >= 0.6 is 11.6 Å². The van der Waals surface area contributed by atoms with E-state index in [2.05, 4.69) is 0 Å². The van der Waals surface area contributed by atoms with Crippen molar-refractivity contribution in [1.29, 1.82) is 0 Å². The van der Waals surface area contributed by atoms with Gasteiger partial charge in [0.15, 0.2) is 0 Å². The molecule has 0 aromatic heterocycles. The highest BCUT2D eigenvalue weighted by molar-refractivity contribution is 6.22. The molecule has 0 heterocycles. The van der Waals surface area contributed by atoms with Gasteiger partial charge in [0, 0.05) is 0 Å². The third kappa shape index (κ3) is 2.25. The number of allylic oxidation sites excluding steroid dienone is 1. The molecule has 0 amide bonds. The molecule has 1 rings (SSSR count). The van der Waals surface area contributed by atoms with Crippen molar-refractivity contribution in [2.45, 2.75) is 44.3 Å². The number of alkyl halides is 1. The Kier molecular flexibility index (Phi) is 2.77. The molecule has 0 bridgehead atoms. The van der Waals surface area contributed by atoms with E-state index in [-0.39, 0.29) is 5.41 Å². The second-order valence-electron chi connectivity index (χ2n) is 4.70. The van der Waals surface area contributed by atoms with Gasteiger partial charge in [-0.1, -0.05) is 26.0 Å². The summed E-state index contributed by atoms with van der Waals surface area (Å²) in [4.78, 5) is 0. The topological polar surface area (TPSA) is 40.5 Å². The highest BCUT2D eigenvalue weighted by atomic mass is 35.5. The lowest BCUT2D eigenvalue weighted by molar-refractivity contribution is -0.0667. The molecular formula is C10H17ClO2. The zero-order chi connectivity index (χ0) is 10.3. The first kappa shape index (κ1) is 11.0. The highest BCUT2D eigenvalue weighted by Gasteiger charge is 2.41. The number of hydrogen-bond donors (Lipinski definition) is 2. The standard InChI is InChI=1S/C10H17ClO2/c1-9(2)5-4-7(11)10(3,13)8(12)6-9/h4-5,7-8,12-13H,6H2,1-3H3/t7-,8+,10+/m0/s1. The van der Waals surface area contributed by atoms with Crippen molar-refractivity contribution >= 4 is 11.6 Å². The van der Waals surface area contributed by atoms with Crippen LogP contribution in [-0.2, 0) is 0 Å². The van der Waals surface area contributed by atoms with E-state index in [1.54, 1.807) is 13.0 Å². The Morgan fingerprint density at radius 2 is 1.92 bits per heavy atom. The first-order valence-electron chi connectivity index (χ1n) is 4.49. The molecule has 3 heteroatoms. The number of hydrogen-bond acceptors (Lipinski definition) is 2. The Hall–Kier alpha value is -0.0500. The summed E-state index contributed by atoms with van der Waals surface area (Å²) in [5.41, 5.74) is -1.33. The summed E-state index contributed by atoms with van der Waals surface area (Å²) in [6, 6.07) is 0. The van der Waals surface area contributed by atoms with E-state index < -0.39 is 17.1 Å². The Bertz CT molecular complexity index is 221. The van der Waals surface area contributed by atoms with Crippen LogP contribution in [0.4, 0.5) is 0 Å². The summed E-state index contributed by atoms with van der Waals surface area (Å²) in [5.74, 6) is 0. The lowest BCUT2D eigenvalue weighted by atomic mass is 9.84. The summed E-state index contributed by atoms with van der Waals surface area (Å²) in [5, 5.41) is 19.1. The van der Waals surface area contributed by atoms with E-state index in [9.17, 15) is 10.2 Å². The largest absolute Gasteiger partial charge is 0.390 e. The Morgan fingerprint density at radius 1 is 1.38 bits per heavy atom. The maximum Gasteiger partial charge on any atom is 0.107 e. The zero-order valence-electron chi connectivity index (χ0n) is 8.29. The third-order valence-electron chi connectivity index (χ3n) is 2.67. The molecule has 1 aliphatic carbocycles. The number of halogens is 1. The predicted molar refractivity (Wildman–Crippen MR) is 53.8 cm³/mol. The minimum atomic E-state index is -1.23. The van der Waals surface area contributed by atoms with Crippen LogP contribution in [0.1, 0.15) is 27.2 Å². The molecule has 0 fully saturated rings. The van der Waals surface area contributed by atoms with E-state index in [0.29, 0.717) is 6.42 Å². The average molecular weight is 205 g/mol. The minimum Gasteiger partial charge on any atom is -0.390 e. The molecule has 0 saturated carbocycles. The summed E-state index contributed by atoms with van der Waals surface area (Å²) < 4.78 is 0. The number of aliphatic hydroxyl groups excluding tert-OH is 1. The molecule has 13 heavy (non-hydrogen) atoms. The van der Waals surface area contributed by atoms with Crippen molar-refractivity contribution in [2.24, 2.45) is 5.41 Å². The predicted octanol–water partition coefficient (Wildman–Crippen LogP) is 1.69. The average Bonchev–Trinajstić information content (AvgIpc) is 2.03. The van der Waals surface area contributed by atoms with Gasteiger partial charge in [0.05, 0.1) is 11.5 Å². The number of rotatable bonds is 0. The van der Waals surface area contributed by atoms with Crippen LogP contribution < -0.4 is 0 Å². The van der Waals surface area contributed by atoms with Crippen molar-refractivity contribution in [3.8, 4) is 0 Å². The lowest BCUT2D eigenvalue weighted by Crippen LogP contribution is -2.46. The van der Waals surface area contributed by atoms with Crippen LogP contribution in [0.25, 0.3) is 0 Å². The second kappa shape index (κ2) is 3.26. The molecule has 0 saturated heterocycles. The van der Waals surface area contributed by atoms with Crippen LogP contribution in [0, 0.1) is 5.41 Å². The van der Waals surface area contributed by atoms with Crippen LogP contribution in [0.3, 0.4) is 0 Å². The van der Waals surface area contributed by atoms with Crippen LogP contribution in [0.15, 0.2) is 12.2 Å². The van der Waals surface area contributed by atoms with Crippen molar-refractivity contribution in [3.05, 3.63) is 12.2 Å². The van der Waals surface area contributed by atoms with Crippen molar-refractivity contribution in [2.75, 3.05) is 0 Å². The molecule has 2 nitrogen and oxygen atoms in total. The normalized spacial score (nSPS) is 44.5. The van der Waals surface area contributed by atoms with Crippen LogP contribution in [0.2, 0.25) is 0 Å². The molecule has 0 aliphatic heterocycles. The molecule has 0 radical (unpaired) electrons. The van der Waals surface area contributed by atoms with Gasteiger partial charge in [-0.15, -0.1) is 11.6 Å². The first-order valence-corrected chi connectivity index (χ1v) is 4.93. The molecular weight excluding hydrogens is 188 g/mol. The Balaban J connectivity index is 2.94. The molecule has 76 valence electrons. The number of aliphatic hydroxyl groups is 2. The molecule has 0 spiro atoms. The fourth-order valence-corrected chi connectivity index (χ4v) is 1.71. The second-order valence-corrected chi connectivity index (χ2v) is 5.17. The van der Waals surface area contributed by atoms with E-state index in [4.69, 9.17) is 11.6 Å². The Labute approximate surface area is 84.2 Å². The quantitative estimate of drug-likeness (QED) is 0.466. The third-order valence-corrected chi connectivity index (χ3v) is 3.26. The van der Waals surface area contributed by atoms with E-state index in [1.807, 2.05) is 19.9 Å². The summed E-state index contributed by atoms with van der Waals surface area (Å²) in [6.45, 7) is 5.59. The smallest absolute Gasteiger partial charge is 0.107 e. The molecule has 2 N–H and O–H groups in total. The molecule has 0 unspecified atom stereocenters. The first-order chi connectivity index (χ1) is 5.76. The van der Waals surface area contributed by atoms with Gasteiger partial charge in [-0.25, -0.2) is 0 Å².